The largest absolute Gasteiger partial charge is 0.573 e. The van der Waals surface area contributed by atoms with Crippen molar-refractivity contribution >= 4 is 16.3 Å². The van der Waals surface area contributed by atoms with Crippen LogP contribution in [0.2, 0.25) is 0 Å². The Hall–Kier alpha value is -2.95. The molecule has 0 aliphatic carbocycles. The first-order valence-electron chi connectivity index (χ1n) is 7.85. The van der Waals surface area contributed by atoms with Crippen molar-refractivity contribution in [1.29, 1.82) is 0 Å². The lowest BCUT2D eigenvalue weighted by atomic mass is 10.1. The maximum absolute atomic E-state index is 12.2. The Bertz CT molecular complexity index is 1100. The Morgan fingerprint density at radius 2 is 1.85 bits per heavy atom. The molecule has 7 nitrogen and oxygen atoms in total. The number of benzene rings is 1. The molecule has 0 atom stereocenters. The molecule has 140 valence electrons. The minimum absolute atomic E-state index is 0.252. The van der Waals surface area contributed by atoms with Crippen LogP contribution >= 0.6 is 11.3 Å². The number of nitrogens with zero attached hydrogens (tertiary/aromatic N) is 6. The van der Waals surface area contributed by atoms with E-state index in [1.54, 1.807) is 21.3 Å². The van der Waals surface area contributed by atoms with Gasteiger partial charge < -0.3 is 4.74 Å². The maximum Gasteiger partial charge on any atom is 0.573 e. The molecule has 0 saturated carbocycles. The van der Waals surface area contributed by atoms with Crippen LogP contribution in [0.25, 0.3) is 16.5 Å². The summed E-state index contributed by atoms with van der Waals surface area (Å²) in [7, 11) is 1.82. The number of ether oxygens (including phenoxy) is 1. The molecule has 0 aliphatic heterocycles. The SMILES string of the molecule is Cc1cc(-c2nnc3sc(Cc4ccc(OC(F)(F)F)cc4)nn23)n(C)n1. The van der Waals surface area contributed by atoms with Gasteiger partial charge in [-0.1, -0.05) is 23.5 Å². The zero-order valence-electron chi connectivity index (χ0n) is 14.2. The van der Waals surface area contributed by atoms with E-state index < -0.39 is 6.36 Å². The summed E-state index contributed by atoms with van der Waals surface area (Å²) in [5.41, 5.74) is 2.47. The Morgan fingerprint density at radius 1 is 1.11 bits per heavy atom. The number of aryl methyl sites for hydroxylation is 2. The van der Waals surface area contributed by atoms with Gasteiger partial charge in [0.2, 0.25) is 10.8 Å². The quantitative estimate of drug-likeness (QED) is 0.531. The van der Waals surface area contributed by atoms with Gasteiger partial charge in [-0.15, -0.1) is 23.4 Å². The molecule has 0 spiro atoms. The third-order valence-corrected chi connectivity index (χ3v) is 4.67. The third-order valence-electron chi connectivity index (χ3n) is 3.78. The third kappa shape index (κ3) is 3.63. The molecule has 1 aromatic carbocycles. The zero-order valence-corrected chi connectivity index (χ0v) is 15.0. The first-order valence-corrected chi connectivity index (χ1v) is 8.67. The van der Waals surface area contributed by atoms with Crippen molar-refractivity contribution in [3.8, 4) is 17.3 Å². The lowest BCUT2D eigenvalue weighted by Crippen LogP contribution is -2.17. The first-order chi connectivity index (χ1) is 12.8. The second-order valence-electron chi connectivity index (χ2n) is 5.88. The van der Waals surface area contributed by atoms with Crippen LogP contribution in [0, 0.1) is 6.92 Å². The molecule has 3 aromatic heterocycles. The van der Waals surface area contributed by atoms with Crippen molar-refractivity contribution in [2.75, 3.05) is 0 Å². The van der Waals surface area contributed by atoms with E-state index in [9.17, 15) is 13.2 Å². The standard InChI is InChI=1S/C16H13F3N6OS/c1-9-7-12(24(2)22-9)14-20-21-15-25(14)23-13(27-15)8-10-3-5-11(6-4-10)26-16(17,18)19/h3-7H,8H2,1-2H3. The fourth-order valence-electron chi connectivity index (χ4n) is 2.69. The van der Waals surface area contributed by atoms with Gasteiger partial charge >= 0.3 is 6.36 Å². The van der Waals surface area contributed by atoms with E-state index in [4.69, 9.17) is 0 Å². The van der Waals surface area contributed by atoms with Gasteiger partial charge in [-0.2, -0.15) is 14.7 Å². The van der Waals surface area contributed by atoms with Crippen LogP contribution in [0.4, 0.5) is 13.2 Å². The first kappa shape index (κ1) is 17.5. The molecule has 27 heavy (non-hydrogen) atoms. The van der Waals surface area contributed by atoms with Gasteiger partial charge in [0.25, 0.3) is 0 Å². The molecule has 0 amide bonds. The average Bonchev–Trinajstić information content (AvgIpc) is 3.22. The van der Waals surface area contributed by atoms with Gasteiger partial charge in [0.05, 0.1) is 5.69 Å². The smallest absolute Gasteiger partial charge is 0.406 e. The Kier molecular flexibility index (Phi) is 4.10. The van der Waals surface area contributed by atoms with Crippen molar-refractivity contribution in [1.82, 2.24) is 29.6 Å². The van der Waals surface area contributed by atoms with Crippen LogP contribution in [0.5, 0.6) is 5.75 Å². The molecule has 4 rings (SSSR count). The van der Waals surface area contributed by atoms with Gasteiger partial charge in [0.15, 0.2) is 0 Å². The molecule has 0 aliphatic rings. The van der Waals surface area contributed by atoms with E-state index in [2.05, 4.69) is 25.1 Å². The number of rotatable bonds is 4. The van der Waals surface area contributed by atoms with E-state index >= 15 is 0 Å². The summed E-state index contributed by atoms with van der Waals surface area (Å²) < 4.78 is 43.9. The molecular formula is C16H13F3N6OS. The van der Waals surface area contributed by atoms with Crippen LogP contribution in [0.1, 0.15) is 16.3 Å². The number of hydrogen-bond acceptors (Lipinski definition) is 6. The summed E-state index contributed by atoms with van der Waals surface area (Å²) in [6, 6.07) is 7.62. The van der Waals surface area contributed by atoms with Gasteiger partial charge in [0, 0.05) is 13.5 Å². The van der Waals surface area contributed by atoms with E-state index in [0.29, 0.717) is 17.2 Å². The lowest BCUT2D eigenvalue weighted by molar-refractivity contribution is -0.274. The van der Waals surface area contributed by atoms with E-state index in [1.807, 2.05) is 20.0 Å². The van der Waals surface area contributed by atoms with Crippen molar-refractivity contribution in [3.05, 3.63) is 46.6 Å². The van der Waals surface area contributed by atoms with Crippen LogP contribution in [0.3, 0.4) is 0 Å². The molecule has 0 saturated heterocycles. The second kappa shape index (κ2) is 6.34. The summed E-state index contributed by atoms with van der Waals surface area (Å²) in [6.07, 6.45) is -4.24. The molecule has 4 aromatic rings. The van der Waals surface area contributed by atoms with Crippen molar-refractivity contribution in [2.45, 2.75) is 19.7 Å². The van der Waals surface area contributed by atoms with E-state index in [1.165, 1.54) is 23.5 Å². The molecule has 0 radical (unpaired) electrons. The molecule has 0 bridgehead atoms. The van der Waals surface area contributed by atoms with E-state index in [-0.39, 0.29) is 5.75 Å². The highest BCUT2D eigenvalue weighted by molar-refractivity contribution is 7.16. The van der Waals surface area contributed by atoms with Crippen LogP contribution in [-0.2, 0) is 13.5 Å². The monoisotopic (exact) mass is 394 g/mol. The molecular weight excluding hydrogens is 381 g/mol. The number of aromatic nitrogens is 6. The van der Waals surface area contributed by atoms with Crippen molar-refractivity contribution in [3.63, 3.8) is 0 Å². The summed E-state index contributed by atoms with van der Waals surface area (Å²) in [5, 5.41) is 17.9. The topological polar surface area (TPSA) is 70.1 Å². The second-order valence-corrected chi connectivity index (χ2v) is 6.92. The highest BCUT2D eigenvalue weighted by Crippen LogP contribution is 2.25. The zero-order chi connectivity index (χ0) is 19.2. The number of alkyl halides is 3. The maximum atomic E-state index is 12.2. The summed E-state index contributed by atoms with van der Waals surface area (Å²) >= 11 is 1.37. The van der Waals surface area contributed by atoms with Crippen molar-refractivity contribution in [2.24, 2.45) is 7.05 Å². The fraction of sp³-hybridized carbons (Fsp3) is 0.250. The number of fused-ring (bicyclic) bond motifs is 1. The summed E-state index contributed by atoms with van der Waals surface area (Å²) in [5.74, 6) is 0.336. The Labute approximate surface area is 155 Å². The highest BCUT2D eigenvalue weighted by Gasteiger charge is 2.31. The predicted octanol–water partition coefficient (Wildman–Crippen LogP) is 3.38. The minimum atomic E-state index is -4.70. The number of hydrogen-bond donors (Lipinski definition) is 0. The van der Waals surface area contributed by atoms with Gasteiger partial charge in [-0.05, 0) is 30.7 Å². The van der Waals surface area contributed by atoms with Crippen LogP contribution in [0.15, 0.2) is 30.3 Å². The van der Waals surface area contributed by atoms with Gasteiger partial charge in [-0.3, -0.25) is 4.68 Å². The van der Waals surface area contributed by atoms with Gasteiger partial charge in [-0.25, -0.2) is 0 Å². The summed E-state index contributed by atoms with van der Waals surface area (Å²) in [4.78, 5) is 0.635. The molecule has 0 fully saturated rings. The number of halogens is 3. The van der Waals surface area contributed by atoms with Crippen molar-refractivity contribution < 1.29 is 17.9 Å². The minimum Gasteiger partial charge on any atom is -0.406 e. The van der Waals surface area contributed by atoms with Crippen LogP contribution in [-0.4, -0.2) is 36.0 Å². The molecule has 3 heterocycles. The van der Waals surface area contributed by atoms with Crippen LogP contribution < -0.4 is 4.74 Å². The molecule has 0 unspecified atom stereocenters. The highest BCUT2D eigenvalue weighted by atomic mass is 32.1. The molecule has 11 heteroatoms. The fourth-order valence-corrected chi connectivity index (χ4v) is 3.56. The van der Waals surface area contributed by atoms with Gasteiger partial charge in [0.1, 0.15) is 16.5 Å². The van der Waals surface area contributed by atoms with E-state index in [0.717, 1.165) is 22.0 Å². The molecule has 0 N–H and O–H groups in total. The predicted molar refractivity (Wildman–Crippen MR) is 91.5 cm³/mol. The lowest BCUT2D eigenvalue weighted by Gasteiger charge is -2.08. The average molecular weight is 394 g/mol. The Balaban J connectivity index is 1.58. The normalized spacial score (nSPS) is 12.0. The summed E-state index contributed by atoms with van der Waals surface area (Å²) in [6.45, 7) is 1.89. The Morgan fingerprint density at radius 3 is 2.48 bits per heavy atom.